The fourth-order valence-corrected chi connectivity index (χ4v) is 6.60. The summed E-state index contributed by atoms with van der Waals surface area (Å²) in [6.07, 6.45) is 7.58. The normalized spacial score (nSPS) is 18.1. The number of allylic oxidation sites excluding steroid dienone is 2. The Hall–Kier alpha value is -2.52. The van der Waals surface area contributed by atoms with Crippen LogP contribution in [0.15, 0.2) is 90.3 Å². The number of para-hydroxylation sites is 1. The van der Waals surface area contributed by atoms with Gasteiger partial charge in [-0.3, -0.25) is 4.98 Å². The third-order valence-corrected chi connectivity index (χ3v) is 7.80. The zero-order chi connectivity index (χ0) is 19.7. The second-order valence-electron chi connectivity index (χ2n) is 8.24. The molecule has 0 fully saturated rings. The van der Waals surface area contributed by atoms with Gasteiger partial charge in [-0.05, 0) is 53.3 Å². The Balaban J connectivity index is 1.58. The van der Waals surface area contributed by atoms with E-state index in [1.165, 1.54) is 27.7 Å². The van der Waals surface area contributed by atoms with E-state index in [1.807, 2.05) is 12.3 Å². The first-order valence-corrected chi connectivity index (χ1v) is 12.5. The second kappa shape index (κ2) is 7.48. The van der Waals surface area contributed by atoms with Crippen LogP contribution in [0, 0.1) is 0 Å². The van der Waals surface area contributed by atoms with Crippen LogP contribution >= 0.6 is 10.0 Å². The highest BCUT2D eigenvalue weighted by molar-refractivity contribution is 8.32. The van der Waals surface area contributed by atoms with Crippen molar-refractivity contribution in [3.63, 3.8) is 0 Å². The summed E-state index contributed by atoms with van der Waals surface area (Å²) in [5.74, 6) is 2.40. The predicted molar refractivity (Wildman–Crippen MR) is 124 cm³/mol. The van der Waals surface area contributed by atoms with E-state index in [-0.39, 0.29) is 5.92 Å². The number of fused-ring (bicyclic) bond motifs is 1. The van der Waals surface area contributed by atoms with Crippen molar-refractivity contribution in [2.24, 2.45) is 5.73 Å². The van der Waals surface area contributed by atoms with E-state index in [4.69, 9.17) is 5.73 Å². The standard InChI is InChI=1S/C25H28N2S/c1-18-22(20-13-14-27-25-12-8-7-11-21(20)25)15-24(26)23(18)17-28(2,3)16-19-9-5-4-6-10-19/h4-14,22H,1,15-17,26H2,2-3H3. The van der Waals surface area contributed by atoms with Crippen LogP contribution in [-0.4, -0.2) is 23.2 Å². The van der Waals surface area contributed by atoms with E-state index in [2.05, 4.69) is 78.7 Å². The van der Waals surface area contributed by atoms with Crippen LogP contribution in [0.3, 0.4) is 0 Å². The second-order valence-corrected chi connectivity index (χ2v) is 12.4. The quantitative estimate of drug-likeness (QED) is 0.604. The number of benzene rings is 2. The van der Waals surface area contributed by atoms with E-state index in [0.717, 1.165) is 29.1 Å². The average Bonchev–Trinajstić information content (AvgIpc) is 2.95. The van der Waals surface area contributed by atoms with Gasteiger partial charge >= 0.3 is 0 Å². The first kappa shape index (κ1) is 18.8. The van der Waals surface area contributed by atoms with E-state index in [1.54, 1.807) is 0 Å². The van der Waals surface area contributed by atoms with Crippen molar-refractivity contribution in [1.29, 1.82) is 0 Å². The van der Waals surface area contributed by atoms with Crippen LogP contribution in [0.1, 0.15) is 23.5 Å². The first-order valence-electron chi connectivity index (χ1n) is 9.67. The molecule has 0 radical (unpaired) electrons. The maximum absolute atomic E-state index is 6.56. The summed E-state index contributed by atoms with van der Waals surface area (Å²) in [6, 6.07) is 21.3. The molecule has 0 saturated carbocycles. The molecule has 4 rings (SSSR count). The fourth-order valence-electron chi connectivity index (χ4n) is 4.25. The van der Waals surface area contributed by atoms with Crippen molar-refractivity contribution < 1.29 is 0 Å². The lowest BCUT2D eigenvalue weighted by Gasteiger charge is -2.33. The Morgan fingerprint density at radius 1 is 1.00 bits per heavy atom. The van der Waals surface area contributed by atoms with Gasteiger partial charge < -0.3 is 5.73 Å². The van der Waals surface area contributed by atoms with Gasteiger partial charge in [0.25, 0.3) is 0 Å². The maximum Gasteiger partial charge on any atom is 0.0704 e. The van der Waals surface area contributed by atoms with Gasteiger partial charge in [-0.25, -0.2) is 10.0 Å². The molecule has 144 valence electrons. The van der Waals surface area contributed by atoms with Gasteiger partial charge in [-0.1, -0.05) is 55.1 Å². The number of nitrogens with zero attached hydrogens (tertiary/aromatic N) is 1. The Morgan fingerprint density at radius 2 is 1.71 bits per heavy atom. The molecule has 2 nitrogen and oxygen atoms in total. The first-order chi connectivity index (χ1) is 13.4. The molecule has 0 spiro atoms. The molecule has 0 saturated heterocycles. The summed E-state index contributed by atoms with van der Waals surface area (Å²) < 4.78 is 0. The lowest BCUT2D eigenvalue weighted by atomic mass is 9.90. The molecule has 1 heterocycles. The third kappa shape index (κ3) is 3.72. The lowest BCUT2D eigenvalue weighted by molar-refractivity contribution is 0.840. The van der Waals surface area contributed by atoms with Gasteiger partial charge in [0.05, 0.1) is 5.52 Å². The highest BCUT2D eigenvalue weighted by Gasteiger charge is 2.31. The van der Waals surface area contributed by atoms with Crippen LogP contribution < -0.4 is 5.73 Å². The van der Waals surface area contributed by atoms with Gasteiger partial charge in [-0.15, -0.1) is 0 Å². The predicted octanol–water partition coefficient (Wildman–Crippen LogP) is 5.76. The largest absolute Gasteiger partial charge is 0.402 e. The van der Waals surface area contributed by atoms with Crippen molar-refractivity contribution in [2.45, 2.75) is 18.1 Å². The Bertz CT molecular complexity index is 1050. The van der Waals surface area contributed by atoms with Gasteiger partial charge in [0.1, 0.15) is 0 Å². The zero-order valence-electron chi connectivity index (χ0n) is 16.7. The topological polar surface area (TPSA) is 38.9 Å². The smallest absolute Gasteiger partial charge is 0.0704 e. The minimum atomic E-state index is -0.843. The summed E-state index contributed by atoms with van der Waals surface area (Å²) in [4.78, 5) is 4.51. The lowest BCUT2D eigenvalue weighted by Crippen LogP contribution is -2.10. The molecule has 2 N–H and O–H groups in total. The molecular formula is C25H28N2S. The number of hydrogen-bond acceptors (Lipinski definition) is 2. The molecule has 3 aromatic rings. The van der Waals surface area contributed by atoms with Gasteiger partial charge in [0.2, 0.25) is 0 Å². The third-order valence-electron chi connectivity index (χ3n) is 5.61. The molecule has 1 atom stereocenters. The summed E-state index contributed by atoms with van der Waals surface area (Å²) in [5.41, 5.74) is 13.8. The van der Waals surface area contributed by atoms with Crippen molar-refractivity contribution >= 4 is 20.9 Å². The minimum absolute atomic E-state index is 0.259. The van der Waals surface area contributed by atoms with E-state index >= 15 is 0 Å². The van der Waals surface area contributed by atoms with Crippen LogP contribution in [0.4, 0.5) is 0 Å². The van der Waals surface area contributed by atoms with Crippen LogP contribution in [0.5, 0.6) is 0 Å². The molecule has 0 amide bonds. The fraction of sp³-hybridized carbons (Fsp3) is 0.240. The summed E-state index contributed by atoms with van der Waals surface area (Å²) in [5, 5.41) is 1.21. The van der Waals surface area contributed by atoms with Crippen LogP contribution in [0.25, 0.3) is 10.9 Å². The zero-order valence-corrected chi connectivity index (χ0v) is 17.5. The Morgan fingerprint density at radius 3 is 2.50 bits per heavy atom. The van der Waals surface area contributed by atoms with Crippen LogP contribution in [-0.2, 0) is 5.75 Å². The van der Waals surface area contributed by atoms with E-state index in [9.17, 15) is 0 Å². The highest BCUT2D eigenvalue weighted by Crippen LogP contribution is 2.51. The summed E-state index contributed by atoms with van der Waals surface area (Å²) in [7, 11) is -0.843. The van der Waals surface area contributed by atoms with Crippen molar-refractivity contribution in [1.82, 2.24) is 4.98 Å². The molecule has 1 aliphatic carbocycles. The molecule has 2 aromatic carbocycles. The monoisotopic (exact) mass is 388 g/mol. The molecular weight excluding hydrogens is 360 g/mol. The molecule has 1 aliphatic rings. The number of aromatic nitrogens is 1. The van der Waals surface area contributed by atoms with Gasteiger partial charge in [-0.2, -0.15) is 0 Å². The maximum atomic E-state index is 6.56. The van der Waals surface area contributed by atoms with Crippen molar-refractivity contribution in [3.8, 4) is 0 Å². The molecule has 0 aliphatic heterocycles. The number of pyridine rings is 1. The van der Waals surface area contributed by atoms with Gasteiger partial charge in [0, 0.05) is 34.7 Å². The summed E-state index contributed by atoms with van der Waals surface area (Å²) in [6.45, 7) is 4.50. The highest BCUT2D eigenvalue weighted by atomic mass is 32.3. The molecule has 3 heteroatoms. The number of nitrogens with two attached hydrogens (primary N) is 1. The SMILES string of the molecule is C=C1C(CS(C)(C)Cc2ccccc2)=C(N)CC1c1ccnc2ccccc12. The van der Waals surface area contributed by atoms with E-state index < -0.39 is 10.0 Å². The molecule has 0 bridgehead atoms. The van der Waals surface area contributed by atoms with Gasteiger partial charge in [0.15, 0.2) is 0 Å². The number of rotatable bonds is 5. The van der Waals surface area contributed by atoms with Crippen LogP contribution in [0.2, 0.25) is 0 Å². The Kier molecular flexibility index (Phi) is 5.03. The molecule has 28 heavy (non-hydrogen) atoms. The average molecular weight is 389 g/mol. The van der Waals surface area contributed by atoms with E-state index in [0.29, 0.717) is 0 Å². The minimum Gasteiger partial charge on any atom is -0.402 e. The Labute approximate surface area is 169 Å². The van der Waals surface area contributed by atoms with Crippen molar-refractivity contribution in [2.75, 3.05) is 18.3 Å². The number of hydrogen-bond donors (Lipinski definition) is 1. The molecule has 1 aromatic heterocycles. The van der Waals surface area contributed by atoms with Crippen molar-refractivity contribution in [3.05, 3.63) is 101 Å². The summed E-state index contributed by atoms with van der Waals surface area (Å²) >= 11 is 0. The molecule has 1 unspecified atom stereocenters.